The van der Waals surface area contributed by atoms with E-state index < -0.39 is 51.9 Å². The van der Waals surface area contributed by atoms with Gasteiger partial charge in [-0.05, 0) is 75.6 Å². The molecule has 222 valence electrons. The Morgan fingerprint density at radius 1 is 1.02 bits per heavy atom. The minimum Gasteiger partial charge on any atom is -0.458 e. The van der Waals surface area contributed by atoms with Crippen LogP contribution >= 0.6 is 11.6 Å². The molecular formula is C31H34ClN3O6S. The number of benzene rings is 3. The summed E-state index contributed by atoms with van der Waals surface area (Å²) >= 11 is 6.23. The number of rotatable bonds is 8. The van der Waals surface area contributed by atoms with Crippen LogP contribution in [0.5, 0.6) is 0 Å². The van der Waals surface area contributed by atoms with Crippen LogP contribution in [0.3, 0.4) is 0 Å². The molecule has 3 aromatic rings. The number of nitrogens with zero attached hydrogens (tertiary/aromatic N) is 1. The highest BCUT2D eigenvalue weighted by molar-refractivity contribution is 7.93. The van der Waals surface area contributed by atoms with Crippen molar-refractivity contribution in [1.82, 2.24) is 5.32 Å². The number of aryl methyl sites for hydroxylation is 2. The maximum absolute atomic E-state index is 14.2. The fourth-order valence-electron chi connectivity index (χ4n) is 4.72. The monoisotopic (exact) mass is 611 g/mol. The first kappa shape index (κ1) is 31.1. The molecule has 0 fully saturated rings. The molecular weight excluding hydrogens is 578 g/mol. The first-order valence-corrected chi connectivity index (χ1v) is 15.3. The SMILES string of the molecule is Cc1cc(S(=O)(=O)N2c3ccccc3NC(=O)[C@H]2CC(=O)NC(Cc2ccccc2)C(=O)OC(C)(C)C)c(C)cc1Cl. The number of carbonyl (C=O) groups excluding carboxylic acids is 3. The fraction of sp³-hybridized carbons (Fsp3) is 0.323. The van der Waals surface area contributed by atoms with Crippen LogP contribution in [0.2, 0.25) is 5.02 Å². The van der Waals surface area contributed by atoms with E-state index in [0.717, 1.165) is 9.87 Å². The van der Waals surface area contributed by atoms with Crippen LogP contribution in [-0.4, -0.2) is 43.9 Å². The lowest BCUT2D eigenvalue weighted by atomic mass is 10.0. The van der Waals surface area contributed by atoms with Crippen LogP contribution in [0, 0.1) is 13.8 Å². The van der Waals surface area contributed by atoms with Crippen molar-refractivity contribution in [3.8, 4) is 0 Å². The Hall–Kier alpha value is -3.89. The number of sulfonamides is 1. The summed E-state index contributed by atoms with van der Waals surface area (Å²) in [7, 11) is -4.35. The van der Waals surface area contributed by atoms with Crippen molar-refractivity contribution < 1.29 is 27.5 Å². The first-order chi connectivity index (χ1) is 19.7. The summed E-state index contributed by atoms with van der Waals surface area (Å²) in [6.07, 6.45) is -0.397. The van der Waals surface area contributed by atoms with Crippen molar-refractivity contribution in [1.29, 1.82) is 0 Å². The van der Waals surface area contributed by atoms with E-state index in [2.05, 4.69) is 10.6 Å². The van der Waals surface area contributed by atoms with Crippen LogP contribution in [0.15, 0.2) is 71.6 Å². The summed E-state index contributed by atoms with van der Waals surface area (Å²) in [5.74, 6) is -2.01. The molecule has 1 heterocycles. The smallest absolute Gasteiger partial charge is 0.329 e. The van der Waals surface area contributed by atoms with Crippen LogP contribution < -0.4 is 14.9 Å². The molecule has 1 unspecified atom stereocenters. The van der Waals surface area contributed by atoms with Gasteiger partial charge in [-0.15, -0.1) is 0 Å². The standard InChI is InChI=1S/C31H34ClN3O6S/c1-19-16-27(20(2)15-22(19)32)42(39,40)35-25-14-10-9-13-23(25)34-29(37)26(35)18-28(36)33-24(30(38)41-31(3,4)5)17-21-11-7-6-8-12-21/h6-16,24,26H,17-18H2,1-5H3,(H,33,36)(H,34,37)/t24?,26-/m1/s1. The van der Waals surface area contributed by atoms with E-state index >= 15 is 0 Å². The maximum atomic E-state index is 14.2. The normalized spacial score (nSPS) is 15.8. The molecule has 1 aliphatic heterocycles. The van der Waals surface area contributed by atoms with Gasteiger partial charge in [0.25, 0.3) is 10.0 Å². The Morgan fingerprint density at radius 3 is 2.33 bits per heavy atom. The van der Waals surface area contributed by atoms with Gasteiger partial charge in [0.05, 0.1) is 22.7 Å². The molecule has 2 N–H and O–H groups in total. The summed E-state index contributed by atoms with van der Waals surface area (Å²) in [6, 6.07) is 16.1. The number of para-hydroxylation sites is 2. The van der Waals surface area contributed by atoms with Crippen molar-refractivity contribution in [3.05, 3.63) is 88.4 Å². The second-order valence-corrected chi connectivity index (χ2v) is 13.4. The number of fused-ring (bicyclic) bond motifs is 1. The number of ether oxygens (including phenoxy) is 1. The summed E-state index contributed by atoms with van der Waals surface area (Å²) in [5, 5.41) is 5.81. The number of carbonyl (C=O) groups is 3. The summed E-state index contributed by atoms with van der Waals surface area (Å²) < 4.78 is 34.9. The van der Waals surface area contributed by atoms with Gasteiger partial charge in [-0.25, -0.2) is 13.2 Å². The van der Waals surface area contributed by atoms with Gasteiger partial charge in [0.15, 0.2) is 0 Å². The molecule has 0 radical (unpaired) electrons. The predicted octanol–water partition coefficient (Wildman–Crippen LogP) is 4.93. The molecule has 0 spiro atoms. The number of amides is 2. The Balaban J connectivity index is 1.69. The first-order valence-electron chi connectivity index (χ1n) is 13.4. The van der Waals surface area contributed by atoms with E-state index in [1.54, 1.807) is 65.0 Å². The minimum absolute atomic E-state index is 0.0324. The van der Waals surface area contributed by atoms with Crippen molar-refractivity contribution >= 4 is 50.8 Å². The zero-order valence-electron chi connectivity index (χ0n) is 24.1. The van der Waals surface area contributed by atoms with Gasteiger partial charge in [-0.2, -0.15) is 0 Å². The van der Waals surface area contributed by atoms with Gasteiger partial charge in [0.2, 0.25) is 11.8 Å². The molecule has 0 aromatic heterocycles. The highest BCUT2D eigenvalue weighted by Crippen LogP contribution is 2.38. The van der Waals surface area contributed by atoms with Gasteiger partial charge in [0.1, 0.15) is 17.7 Å². The zero-order chi connectivity index (χ0) is 30.8. The molecule has 2 atom stereocenters. The van der Waals surface area contributed by atoms with Gasteiger partial charge in [-0.3, -0.25) is 13.9 Å². The number of hydrogen-bond acceptors (Lipinski definition) is 6. The second kappa shape index (κ2) is 12.1. The molecule has 0 bridgehead atoms. The van der Waals surface area contributed by atoms with Gasteiger partial charge >= 0.3 is 5.97 Å². The number of hydrogen-bond donors (Lipinski definition) is 2. The third-order valence-corrected chi connectivity index (χ3v) is 9.04. The number of nitrogens with one attached hydrogen (secondary N) is 2. The molecule has 9 nitrogen and oxygen atoms in total. The fourth-order valence-corrected chi connectivity index (χ4v) is 6.86. The molecule has 0 aliphatic carbocycles. The van der Waals surface area contributed by atoms with E-state index in [9.17, 15) is 22.8 Å². The van der Waals surface area contributed by atoms with E-state index in [-0.39, 0.29) is 17.0 Å². The molecule has 1 aliphatic rings. The van der Waals surface area contributed by atoms with Crippen molar-refractivity contribution in [3.63, 3.8) is 0 Å². The lowest BCUT2D eigenvalue weighted by Crippen LogP contribution is -2.54. The molecule has 11 heteroatoms. The summed E-state index contributed by atoms with van der Waals surface area (Å²) in [6.45, 7) is 8.47. The molecule has 0 saturated heterocycles. The largest absolute Gasteiger partial charge is 0.458 e. The highest BCUT2D eigenvalue weighted by Gasteiger charge is 2.43. The number of esters is 1. The Kier molecular flexibility index (Phi) is 8.98. The Labute approximate surface area is 251 Å². The average molecular weight is 612 g/mol. The molecule has 42 heavy (non-hydrogen) atoms. The number of anilines is 2. The van der Waals surface area contributed by atoms with Gasteiger partial charge in [-0.1, -0.05) is 54.1 Å². The zero-order valence-corrected chi connectivity index (χ0v) is 25.7. The van der Waals surface area contributed by atoms with Crippen LogP contribution in [0.1, 0.15) is 43.9 Å². The summed E-state index contributed by atoms with van der Waals surface area (Å²) in [5.41, 5.74) is 1.44. The molecule has 4 rings (SSSR count). The van der Waals surface area contributed by atoms with Gasteiger partial charge in [0, 0.05) is 11.4 Å². The van der Waals surface area contributed by atoms with Crippen LogP contribution in [-0.2, 0) is 35.6 Å². The van der Waals surface area contributed by atoms with Crippen molar-refractivity contribution in [2.45, 2.75) is 70.0 Å². The van der Waals surface area contributed by atoms with Crippen LogP contribution in [0.4, 0.5) is 11.4 Å². The average Bonchev–Trinajstić information content (AvgIpc) is 2.90. The molecule has 3 aromatic carbocycles. The quantitative estimate of drug-likeness (QED) is 0.348. The highest BCUT2D eigenvalue weighted by atomic mass is 35.5. The van der Waals surface area contributed by atoms with Crippen molar-refractivity contribution in [2.24, 2.45) is 0 Å². The third kappa shape index (κ3) is 6.94. The molecule has 0 saturated carbocycles. The lowest BCUT2D eigenvalue weighted by molar-refractivity contribution is -0.158. The Morgan fingerprint density at radius 2 is 1.67 bits per heavy atom. The molecule has 2 amide bonds. The van der Waals surface area contributed by atoms with E-state index in [1.165, 1.54) is 6.07 Å². The van der Waals surface area contributed by atoms with E-state index in [1.807, 2.05) is 30.3 Å². The van der Waals surface area contributed by atoms with Crippen LogP contribution in [0.25, 0.3) is 0 Å². The van der Waals surface area contributed by atoms with Gasteiger partial charge < -0.3 is 15.4 Å². The second-order valence-electron chi connectivity index (χ2n) is 11.2. The van der Waals surface area contributed by atoms with E-state index in [0.29, 0.717) is 21.8 Å². The minimum atomic E-state index is -4.35. The van der Waals surface area contributed by atoms with Crippen molar-refractivity contribution in [2.75, 3.05) is 9.62 Å². The predicted molar refractivity (Wildman–Crippen MR) is 162 cm³/mol. The topological polar surface area (TPSA) is 122 Å². The summed E-state index contributed by atoms with van der Waals surface area (Å²) in [4.78, 5) is 39.9. The van der Waals surface area contributed by atoms with E-state index in [4.69, 9.17) is 16.3 Å². The maximum Gasteiger partial charge on any atom is 0.329 e. The third-order valence-electron chi connectivity index (χ3n) is 6.67. The Bertz CT molecular complexity index is 1620. The lowest BCUT2D eigenvalue weighted by Gasteiger charge is -2.37. The number of halogens is 1.